The van der Waals surface area contributed by atoms with E-state index in [0.717, 1.165) is 0 Å². The molecule has 7 heteroatoms. The van der Waals surface area contributed by atoms with Crippen LogP contribution in [0.25, 0.3) is 0 Å². The zero-order valence-electron chi connectivity index (χ0n) is 7.35. The molecular formula is C6H12O6S. The lowest BCUT2D eigenvalue weighted by Crippen LogP contribution is -2.03. The molecule has 0 spiro atoms. The second-order valence-corrected chi connectivity index (χ2v) is 3.85. The lowest BCUT2D eigenvalue weighted by molar-refractivity contribution is -0.132. The molecule has 0 aliphatic heterocycles. The monoisotopic (exact) mass is 212 g/mol. The van der Waals surface area contributed by atoms with Gasteiger partial charge in [-0.1, -0.05) is 6.58 Å². The maximum absolute atomic E-state index is 9.90. The van der Waals surface area contributed by atoms with Crippen molar-refractivity contribution in [2.24, 2.45) is 0 Å². The highest BCUT2D eigenvalue weighted by atomic mass is 32.2. The van der Waals surface area contributed by atoms with Crippen LogP contribution in [-0.4, -0.2) is 30.5 Å². The third kappa shape index (κ3) is 11.1. The minimum atomic E-state index is -3.60. The van der Waals surface area contributed by atoms with Crippen molar-refractivity contribution >= 4 is 16.1 Å². The molecule has 0 aromatic heterocycles. The van der Waals surface area contributed by atoms with Gasteiger partial charge in [0.1, 0.15) is 0 Å². The van der Waals surface area contributed by atoms with E-state index in [2.05, 4.69) is 10.9 Å². The lowest BCUT2D eigenvalue weighted by Gasteiger charge is -1.88. The van der Waals surface area contributed by atoms with Crippen LogP contribution in [0.15, 0.2) is 12.2 Å². The van der Waals surface area contributed by atoms with Crippen LogP contribution in [0.2, 0.25) is 0 Å². The summed E-state index contributed by atoms with van der Waals surface area (Å²) in [7, 11) is -3.60. The molecule has 0 saturated heterocycles. The Balaban J connectivity index is 0. The molecule has 0 saturated carbocycles. The Hall–Kier alpha value is -0.920. The summed E-state index contributed by atoms with van der Waals surface area (Å²) in [6, 6.07) is 0. The van der Waals surface area contributed by atoms with E-state index in [1.54, 1.807) is 0 Å². The quantitative estimate of drug-likeness (QED) is 0.400. The molecule has 0 aliphatic carbocycles. The Morgan fingerprint density at radius 1 is 1.54 bits per heavy atom. The van der Waals surface area contributed by atoms with E-state index in [1.165, 1.54) is 13.8 Å². The molecule has 0 heterocycles. The molecule has 2 N–H and O–H groups in total. The average molecular weight is 212 g/mol. The van der Waals surface area contributed by atoms with Gasteiger partial charge in [-0.3, -0.25) is 0 Å². The topological polar surface area (TPSA) is 101 Å². The van der Waals surface area contributed by atoms with Crippen LogP contribution in [0.5, 0.6) is 0 Å². The maximum Gasteiger partial charge on any atom is 0.330 e. The van der Waals surface area contributed by atoms with Gasteiger partial charge < -0.3 is 5.11 Å². The molecule has 0 bridgehead atoms. The van der Waals surface area contributed by atoms with Gasteiger partial charge in [0, 0.05) is 5.57 Å². The van der Waals surface area contributed by atoms with Crippen LogP contribution in [0.4, 0.5) is 0 Å². The first-order valence-corrected chi connectivity index (χ1v) is 4.79. The van der Waals surface area contributed by atoms with Gasteiger partial charge in [-0.25, -0.2) is 10.1 Å². The minimum absolute atomic E-state index is 0.176. The fourth-order valence-electron chi connectivity index (χ4n) is 0.0527. The van der Waals surface area contributed by atoms with Crippen molar-refractivity contribution in [1.82, 2.24) is 0 Å². The molecule has 0 rings (SSSR count). The first-order valence-electron chi connectivity index (χ1n) is 3.21. The summed E-state index contributed by atoms with van der Waals surface area (Å²) in [6.07, 6.45) is 0. The highest BCUT2D eigenvalue weighted by Gasteiger charge is 2.02. The number of carboxylic acids is 1. The Labute approximate surface area is 76.5 Å². The van der Waals surface area contributed by atoms with Gasteiger partial charge in [-0.2, -0.15) is 8.42 Å². The molecule has 0 aromatic rings. The molecule has 0 aromatic carbocycles. The summed E-state index contributed by atoms with van der Waals surface area (Å²) in [5.41, 5.74) is 0.176. The van der Waals surface area contributed by atoms with Gasteiger partial charge >= 0.3 is 5.97 Å². The standard InChI is InChI=1S/C4H6O2.C2H6O4S/c1-3(2)4(5)6;1-2-7(4,5)6-3/h1H2,2H3,(H,5,6);3H,2H2,1H3. The summed E-state index contributed by atoms with van der Waals surface area (Å²) in [4.78, 5) is 9.60. The fraction of sp³-hybridized carbons (Fsp3) is 0.500. The van der Waals surface area contributed by atoms with Gasteiger partial charge in [-0.15, -0.1) is 4.33 Å². The number of carbonyl (C=O) groups is 1. The van der Waals surface area contributed by atoms with E-state index >= 15 is 0 Å². The Bertz CT molecular complexity index is 243. The van der Waals surface area contributed by atoms with E-state index in [-0.39, 0.29) is 11.3 Å². The van der Waals surface area contributed by atoms with E-state index in [9.17, 15) is 13.2 Å². The van der Waals surface area contributed by atoms with E-state index in [4.69, 9.17) is 10.4 Å². The molecule has 0 unspecified atom stereocenters. The number of carboxylic acid groups (broad SMARTS) is 1. The van der Waals surface area contributed by atoms with Crippen LogP contribution >= 0.6 is 0 Å². The van der Waals surface area contributed by atoms with Crippen molar-refractivity contribution in [2.45, 2.75) is 13.8 Å². The molecule has 0 aliphatic rings. The summed E-state index contributed by atoms with van der Waals surface area (Å²) < 4.78 is 22.9. The van der Waals surface area contributed by atoms with Crippen molar-refractivity contribution in [2.75, 3.05) is 5.75 Å². The van der Waals surface area contributed by atoms with Crippen LogP contribution in [0.1, 0.15) is 13.8 Å². The second kappa shape index (κ2) is 6.58. The molecule has 0 fully saturated rings. The SMILES string of the molecule is C=C(C)C(=O)O.CCS(=O)(=O)OO. The number of aliphatic carboxylic acids is 1. The Morgan fingerprint density at radius 3 is 1.85 bits per heavy atom. The van der Waals surface area contributed by atoms with Crippen LogP contribution in [0.3, 0.4) is 0 Å². The number of hydrogen-bond donors (Lipinski definition) is 2. The summed E-state index contributed by atoms with van der Waals surface area (Å²) in [5, 5.41) is 15.4. The molecule has 0 amide bonds. The van der Waals surface area contributed by atoms with Crippen molar-refractivity contribution in [3.63, 3.8) is 0 Å². The van der Waals surface area contributed by atoms with Gasteiger partial charge in [0.05, 0.1) is 5.75 Å². The Kier molecular flexibility index (Phi) is 7.39. The van der Waals surface area contributed by atoms with Gasteiger partial charge in [0.25, 0.3) is 10.1 Å². The summed E-state index contributed by atoms with van der Waals surface area (Å²) >= 11 is 0. The molecule has 6 nitrogen and oxygen atoms in total. The van der Waals surface area contributed by atoms with Gasteiger partial charge in [0.15, 0.2) is 0 Å². The average Bonchev–Trinajstić information content (AvgIpc) is 2.05. The largest absolute Gasteiger partial charge is 0.478 e. The highest BCUT2D eigenvalue weighted by molar-refractivity contribution is 7.86. The Morgan fingerprint density at radius 2 is 1.85 bits per heavy atom. The van der Waals surface area contributed by atoms with Crippen molar-refractivity contribution in [1.29, 1.82) is 0 Å². The van der Waals surface area contributed by atoms with Crippen molar-refractivity contribution < 1.29 is 27.9 Å². The van der Waals surface area contributed by atoms with Crippen LogP contribution < -0.4 is 0 Å². The third-order valence-electron chi connectivity index (χ3n) is 0.832. The van der Waals surface area contributed by atoms with Crippen molar-refractivity contribution in [3.8, 4) is 0 Å². The second-order valence-electron chi connectivity index (χ2n) is 2.01. The highest BCUT2D eigenvalue weighted by Crippen LogP contribution is 1.84. The molecule has 78 valence electrons. The zero-order valence-corrected chi connectivity index (χ0v) is 8.17. The van der Waals surface area contributed by atoms with Crippen molar-refractivity contribution in [3.05, 3.63) is 12.2 Å². The number of hydrogen-bond acceptors (Lipinski definition) is 5. The number of rotatable bonds is 3. The summed E-state index contributed by atoms with van der Waals surface area (Å²) in [5.74, 6) is -1.14. The fourth-order valence-corrected chi connectivity index (χ4v) is 0.158. The third-order valence-corrected chi connectivity index (χ3v) is 1.77. The molecule has 0 radical (unpaired) electrons. The minimum Gasteiger partial charge on any atom is -0.478 e. The summed E-state index contributed by atoms with van der Waals surface area (Å²) in [6.45, 7) is 5.97. The van der Waals surface area contributed by atoms with E-state index in [0.29, 0.717) is 0 Å². The normalized spacial score (nSPS) is 9.77. The van der Waals surface area contributed by atoms with Crippen LogP contribution in [0, 0.1) is 0 Å². The lowest BCUT2D eigenvalue weighted by atomic mass is 10.4. The first-order chi connectivity index (χ1) is 5.76. The van der Waals surface area contributed by atoms with Crippen LogP contribution in [-0.2, 0) is 19.2 Å². The zero-order chi connectivity index (χ0) is 11.1. The first kappa shape index (κ1) is 14.6. The smallest absolute Gasteiger partial charge is 0.330 e. The van der Waals surface area contributed by atoms with E-state index in [1.807, 2.05) is 0 Å². The predicted octanol–water partition coefficient (Wildman–Crippen LogP) is 0.473. The maximum atomic E-state index is 9.90. The molecular weight excluding hydrogens is 200 g/mol. The molecule has 0 atom stereocenters. The molecule has 13 heavy (non-hydrogen) atoms. The van der Waals surface area contributed by atoms with Gasteiger partial charge in [0.2, 0.25) is 0 Å². The van der Waals surface area contributed by atoms with Gasteiger partial charge in [-0.05, 0) is 13.8 Å². The van der Waals surface area contributed by atoms with E-state index < -0.39 is 16.1 Å². The predicted molar refractivity (Wildman–Crippen MR) is 45.6 cm³/mol.